The van der Waals surface area contributed by atoms with Crippen molar-refractivity contribution >= 4 is 61.6 Å². The molecule has 1 aromatic heterocycles. The Hall–Kier alpha value is -2.47. The molecule has 8 nitrogen and oxygen atoms in total. The zero-order valence-electron chi connectivity index (χ0n) is 18.4. The highest BCUT2D eigenvalue weighted by atomic mass is 127. The van der Waals surface area contributed by atoms with Crippen molar-refractivity contribution in [3.05, 3.63) is 60.1 Å². The quantitative estimate of drug-likeness (QED) is 0.196. The first-order valence-electron chi connectivity index (χ1n) is 10.3. The third-order valence-electron chi connectivity index (χ3n) is 4.56. The van der Waals surface area contributed by atoms with Crippen LogP contribution in [0.1, 0.15) is 31.7 Å². The van der Waals surface area contributed by atoms with Gasteiger partial charge in [0.25, 0.3) is 5.56 Å². The topological polar surface area (TPSA) is 92.0 Å². The number of hydrogen-bond acceptors (Lipinski definition) is 7. The third kappa shape index (κ3) is 6.11. The molecule has 2 aromatic carbocycles. The van der Waals surface area contributed by atoms with Crippen LogP contribution in [0.2, 0.25) is 0 Å². The van der Waals surface area contributed by atoms with Gasteiger partial charge in [0.05, 0.1) is 34.4 Å². The lowest BCUT2D eigenvalue weighted by molar-refractivity contribution is -0.145. The van der Waals surface area contributed by atoms with Gasteiger partial charge in [-0.05, 0) is 71.8 Å². The fraction of sp³-hybridized carbons (Fsp3) is 0.304. The number of methoxy groups -OCH3 is 1. The largest absolute Gasteiger partial charge is 0.493 e. The van der Waals surface area contributed by atoms with E-state index in [2.05, 4.69) is 48.6 Å². The molecule has 0 aliphatic carbocycles. The highest BCUT2D eigenvalue weighted by Gasteiger charge is 2.14. The number of aryl methyl sites for hydroxylation is 1. The molecular weight excluding hydrogens is 605 g/mol. The molecule has 10 heteroatoms. The van der Waals surface area contributed by atoms with Crippen LogP contribution in [0.4, 0.5) is 0 Å². The number of rotatable bonds is 9. The minimum absolute atomic E-state index is 0.221. The van der Waals surface area contributed by atoms with Gasteiger partial charge in [-0.25, -0.2) is 9.78 Å². The van der Waals surface area contributed by atoms with Gasteiger partial charge in [0.2, 0.25) is 0 Å². The second-order valence-corrected chi connectivity index (χ2v) is 9.01. The molecule has 0 spiro atoms. The van der Waals surface area contributed by atoms with Gasteiger partial charge in [-0.3, -0.25) is 4.79 Å². The van der Waals surface area contributed by atoms with Crippen LogP contribution in [0.5, 0.6) is 11.5 Å². The molecule has 0 atom stereocenters. The monoisotopic (exact) mass is 627 g/mol. The summed E-state index contributed by atoms with van der Waals surface area (Å²) in [5, 5.41) is 4.93. The average molecular weight is 628 g/mol. The first-order valence-corrected chi connectivity index (χ1v) is 12.2. The Kier molecular flexibility index (Phi) is 8.84. The minimum Gasteiger partial charge on any atom is -0.493 e. The Morgan fingerprint density at radius 3 is 2.76 bits per heavy atom. The maximum Gasteiger partial charge on any atom is 0.344 e. The van der Waals surface area contributed by atoms with Crippen LogP contribution in [0.3, 0.4) is 0 Å². The summed E-state index contributed by atoms with van der Waals surface area (Å²) in [5.74, 6) is 1.00. The van der Waals surface area contributed by atoms with Crippen LogP contribution >= 0.6 is 38.5 Å². The van der Waals surface area contributed by atoms with Gasteiger partial charge in [0.1, 0.15) is 5.82 Å². The fourth-order valence-corrected chi connectivity index (χ4v) is 4.25. The maximum absolute atomic E-state index is 13.1. The van der Waals surface area contributed by atoms with E-state index in [1.54, 1.807) is 25.3 Å². The van der Waals surface area contributed by atoms with Crippen LogP contribution in [0.15, 0.2) is 44.7 Å². The van der Waals surface area contributed by atoms with Crippen molar-refractivity contribution in [2.24, 2.45) is 5.10 Å². The summed E-state index contributed by atoms with van der Waals surface area (Å²) in [7, 11) is 1.51. The second-order valence-electron chi connectivity index (χ2n) is 6.93. The Morgan fingerprint density at radius 1 is 1.27 bits per heavy atom. The summed E-state index contributed by atoms with van der Waals surface area (Å²) < 4.78 is 18.8. The van der Waals surface area contributed by atoms with E-state index in [1.165, 1.54) is 11.8 Å². The van der Waals surface area contributed by atoms with Gasteiger partial charge in [-0.15, -0.1) is 0 Å². The summed E-state index contributed by atoms with van der Waals surface area (Å²) in [6, 6.07) is 8.96. The SMILES string of the molecule is CCCc1nc2ccc(Br)cc2c(=O)n1N=Cc1cc(I)c(OCC(=O)OCC)c(OC)c1. The zero-order chi connectivity index (χ0) is 24.0. The second kappa shape index (κ2) is 11.6. The van der Waals surface area contributed by atoms with Crippen molar-refractivity contribution in [3.8, 4) is 11.5 Å². The lowest BCUT2D eigenvalue weighted by Gasteiger charge is -2.13. The molecule has 174 valence electrons. The number of carbonyl (C=O) groups is 1. The molecular formula is C23H23BrIN3O5. The lowest BCUT2D eigenvalue weighted by Crippen LogP contribution is -2.22. The molecule has 0 aliphatic rings. The van der Waals surface area contributed by atoms with Gasteiger partial charge < -0.3 is 14.2 Å². The molecule has 0 bridgehead atoms. The minimum atomic E-state index is -0.459. The first-order chi connectivity index (χ1) is 15.9. The number of ether oxygens (including phenoxy) is 3. The van der Waals surface area contributed by atoms with Crippen molar-refractivity contribution < 1.29 is 19.0 Å². The Morgan fingerprint density at radius 2 is 2.06 bits per heavy atom. The molecule has 0 unspecified atom stereocenters. The Labute approximate surface area is 213 Å². The average Bonchev–Trinajstić information content (AvgIpc) is 2.78. The van der Waals surface area contributed by atoms with E-state index in [0.29, 0.717) is 40.2 Å². The van der Waals surface area contributed by atoms with Crippen LogP contribution in [0, 0.1) is 3.57 Å². The predicted molar refractivity (Wildman–Crippen MR) is 139 cm³/mol. The van der Waals surface area contributed by atoms with E-state index in [-0.39, 0.29) is 18.8 Å². The fourth-order valence-electron chi connectivity index (χ4n) is 3.11. The summed E-state index contributed by atoms with van der Waals surface area (Å²) in [5.41, 5.74) is 1.10. The molecule has 3 rings (SSSR count). The van der Waals surface area contributed by atoms with E-state index >= 15 is 0 Å². The highest BCUT2D eigenvalue weighted by Crippen LogP contribution is 2.33. The van der Waals surface area contributed by atoms with Crippen molar-refractivity contribution in [2.75, 3.05) is 20.3 Å². The molecule has 0 saturated carbocycles. The molecule has 0 saturated heterocycles. The van der Waals surface area contributed by atoms with Crippen LogP contribution in [-0.4, -0.2) is 42.2 Å². The summed E-state index contributed by atoms with van der Waals surface area (Å²) >= 11 is 5.50. The van der Waals surface area contributed by atoms with Crippen LogP contribution in [-0.2, 0) is 16.0 Å². The Bertz CT molecular complexity index is 1260. The summed E-state index contributed by atoms with van der Waals surface area (Å²) in [6.07, 6.45) is 3.01. The normalized spacial score (nSPS) is 11.2. The smallest absolute Gasteiger partial charge is 0.344 e. The van der Waals surface area contributed by atoms with Gasteiger partial charge in [-0.1, -0.05) is 22.9 Å². The van der Waals surface area contributed by atoms with Crippen molar-refractivity contribution in [3.63, 3.8) is 0 Å². The van der Waals surface area contributed by atoms with E-state index in [0.717, 1.165) is 14.5 Å². The molecule has 1 heterocycles. The van der Waals surface area contributed by atoms with Gasteiger partial charge in [0, 0.05) is 10.9 Å². The Balaban J connectivity index is 1.98. The number of hydrogen-bond donors (Lipinski definition) is 0. The van der Waals surface area contributed by atoms with Crippen LogP contribution in [0.25, 0.3) is 10.9 Å². The lowest BCUT2D eigenvalue weighted by atomic mass is 10.2. The zero-order valence-corrected chi connectivity index (χ0v) is 22.2. The van der Waals surface area contributed by atoms with E-state index in [4.69, 9.17) is 14.2 Å². The van der Waals surface area contributed by atoms with Gasteiger partial charge in [-0.2, -0.15) is 9.78 Å². The third-order valence-corrected chi connectivity index (χ3v) is 5.86. The van der Waals surface area contributed by atoms with Gasteiger partial charge >= 0.3 is 5.97 Å². The van der Waals surface area contributed by atoms with E-state index in [1.807, 2.05) is 25.1 Å². The molecule has 0 fully saturated rings. The van der Waals surface area contributed by atoms with E-state index < -0.39 is 5.97 Å². The molecule has 33 heavy (non-hydrogen) atoms. The van der Waals surface area contributed by atoms with E-state index in [9.17, 15) is 9.59 Å². The molecule has 0 amide bonds. The highest BCUT2D eigenvalue weighted by molar-refractivity contribution is 14.1. The number of benzene rings is 2. The van der Waals surface area contributed by atoms with Gasteiger partial charge in [0.15, 0.2) is 18.1 Å². The first kappa shape index (κ1) is 25.2. The maximum atomic E-state index is 13.1. The standard InChI is InChI=1S/C23H23BrIN3O5/c1-4-6-20-27-18-8-7-15(24)11-16(18)23(30)28(20)26-12-14-9-17(25)22(19(10-14)31-3)33-13-21(29)32-5-2/h7-12H,4-6,13H2,1-3H3. The summed E-state index contributed by atoms with van der Waals surface area (Å²) in [6.45, 7) is 3.82. The van der Waals surface area contributed by atoms with Crippen molar-refractivity contribution in [1.29, 1.82) is 0 Å². The number of fused-ring (bicyclic) bond motifs is 1. The number of carbonyl (C=O) groups excluding carboxylic acids is 1. The van der Waals surface area contributed by atoms with Crippen molar-refractivity contribution in [2.45, 2.75) is 26.7 Å². The summed E-state index contributed by atoms with van der Waals surface area (Å²) in [4.78, 5) is 29.4. The number of halogens is 2. The van der Waals surface area contributed by atoms with Crippen molar-refractivity contribution in [1.82, 2.24) is 9.66 Å². The molecule has 0 N–H and O–H groups in total. The predicted octanol–water partition coefficient (Wildman–Crippen LogP) is 4.55. The number of aromatic nitrogens is 2. The molecule has 3 aromatic rings. The number of nitrogens with zero attached hydrogens (tertiary/aromatic N) is 3. The molecule has 0 aliphatic heterocycles. The number of esters is 1. The van der Waals surface area contributed by atoms with Crippen LogP contribution < -0.4 is 15.0 Å². The molecule has 0 radical (unpaired) electrons.